The summed E-state index contributed by atoms with van der Waals surface area (Å²) >= 11 is 6.26. The zero-order valence-corrected chi connectivity index (χ0v) is 15.3. The molecule has 0 radical (unpaired) electrons. The van der Waals surface area contributed by atoms with Crippen LogP contribution in [0.5, 0.6) is 0 Å². The average Bonchev–Trinajstić information content (AvgIpc) is 2.83. The van der Waals surface area contributed by atoms with Gasteiger partial charge in [0.05, 0.1) is 5.60 Å². The minimum atomic E-state index is -0.221. The lowest BCUT2D eigenvalue weighted by molar-refractivity contribution is -0.401. The van der Waals surface area contributed by atoms with E-state index in [4.69, 9.17) is 25.8 Å². The van der Waals surface area contributed by atoms with Crippen molar-refractivity contribution in [2.75, 3.05) is 13.7 Å². The summed E-state index contributed by atoms with van der Waals surface area (Å²) < 4.78 is 17.9. The Morgan fingerprint density at radius 2 is 2.17 bits per heavy atom. The highest BCUT2D eigenvalue weighted by Gasteiger charge is 2.66. The first-order chi connectivity index (χ1) is 11.5. The van der Waals surface area contributed by atoms with Gasteiger partial charge in [-0.3, -0.25) is 0 Å². The number of hydrogen-bond donors (Lipinski definition) is 1. The molecule has 4 fully saturated rings. The van der Waals surface area contributed by atoms with E-state index in [1.807, 2.05) is 18.2 Å². The van der Waals surface area contributed by atoms with Crippen LogP contribution in [0.15, 0.2) is 24.3 Å². The SMILES string of the molecule is CO[C@H]1O[C@H]2O[C@@]3(C)[C@H]1[C@@H](C[C@@H]3NCCc1ccccc1Cl)[C@@H]2C. The fourth-order valence-electron chi connectivity index (χ4n) is 4.98. The maximum Gasteiger partial charge on any atom is 0.166 e. The average molecular weight is 352 g/mol. The predicted molar refractivity (Wildman–Crippen MR) is 92.9 cm³/mol. The van der Waals surface area contributed by atoms with Crippen LogP contribution in [0.2, 0.25) is 5.02 Å². The molecule has 0 unspecified atom stereocenters. The molecule has 132 valence electrons. The molecule has 1 aromatic carbocycles. The predicted octanol–water partition coefficient (Wildman–Crippen LogP) is 3.23. The molecule has 0 aromatic heterocycles. The van der Waals surface area contributed by atoms with Crippen molar-refractivity contribution >= 4 is 11.6 Å². The molecule has 4 bridgehead atoms. The Morgan fingerprint density at radius 1 is 1.38 bits per heavy atom. The monoisotopic (exact) mass is 351 g/mol. The van der Waals surface area contributed by atoms with E-state index >= 15 is 0 Å². The number of methoxy groups -OCH3 is 1. The number of halogens is 1. The van der Waals surface area contributed by atoms with Crippen LogP contribution in [-0.4, -0.2) is 37.9 Å². The highest BCUT2D eigenvalue weighted by molar-refractivity contribution is 6.31. The molecule has 1 aromatic rings. The molecule has 1 saturated carbocycles. The van der Waals surface area contributed by atoms with E-state index < -0.39 is 0 Å². The molecule has 5 heteroatoms. The van der Waals surface area contributed by atoms with Gasteiger partial charge in [-0.15, -0.1) is 0 Å². The summed E-state index contributed by atoms with van der Waals surface area (Å²) in [5.74, 6) is 1.30. The van der Waals surface area contributed by atoms with E-state index in [9.17, 15) is 0 Å². The third-order valence-corrected chi connectivity index (χ3v) is 6.70. The molecule has 1 N–H and O–H groups in total. The van der Waals surface area contributed by atoms with Crippen molar-refractivity contribution in [3.63, 3.8) is 0 Å². The van der Waals surface area contributed by atoms with Crippen LogP contribution in [-0.2, 0) is 20.6 Å². The third kappa shape index (κ3) is 2.51. The third-order valence-electron chi connectivity index (χ3n) is 6.33. The number of nitrogens with one attached hydrogen (secondary N) is 1. The lowest BCUT2D eigenvalue weighted by Crippen LogP contribution is -2.65. The zero-order chi connectivity index (χ0) is 16.9. The maximum absolute atomic E-state index is 6.36. The molecule has 7 atom stereocenters. The summed E-state index contributed by atoms with van der Waals surface area (Å²) in [4.78, 5) is 0. The second-order valence-corrected chi connectivity index (χ2v) is 7.95. The van der Waals surface area contributed by atoms with Gasteiger partial charge < -0.3 is 19.5 Å². The Morgan fingerprint density at radius 3 is 2.92 bits per heavy atom. The molecular formula is C19H26ClNO3. The number of benzene rings is 1. The van der Waals surface area contributed by atoms with Gasteiger partial charge in [0.25, 0.3) is 0 Å². The molecular weight excluding hydrogens is 326 g/mol. The summed E-state index contributed by atoms with van der Waals surface area (Å²) in [6.07, 6.45) is 1.74. The minimum Gasteiger partial charge on any atom is -0.355 e. The van der Waals surface area contributed by atoms with Crippen LogP contribution in [0.3, 0.4) is 0 Å². The van der Waals surface area contributed by atoms with Crippen LogP contribution < -0.4 is 5.32 Å². The standard InChI is InChI=1S/C19H26ClNO3/c1-11-13-10-15(21-9-8-12-6-4-5-7-14(12)20)19(2)16(13)18(22-3)23-17(11)24-19/h4-7,11,13,15-18,21H,8-10H2,1-3H3/t11-,13-,15-,16-,17-,18-,19+/m0/s1. The van der Waals surface area contributed by atoms with Crippen LogP contribution >= 0.6 is 11.6 Å². The van der Waals surface area contributed by atoms with E-state index in [0.717, 1.165) is 24.4 Å². The Bertz CT molecular complexity index is 612. The van der Waals surface area contributed by atoms with E-state index in [1.165, 1.54) is 5.56 Å². The highest BCUT2D eigenvalue weighted by Crippen LogP contribution is 2.58. The van der Waals surface area contributed by atoms with Crippen LogP contribution in [0.4, 0.5) is 0 Å². The second kappa shape index (κ2) is 6.26. The highest BCUT2D eigenvalue weighted by atomic mass is 35.5. The topological polar surface area (TPSA) is 39.7 Å². The van der Waals surface area contributed by atoms with E-state index in [0.29, 0.717) is 23.8 Å². The van der Waals surface area contributed by atoms with Gasteiger partial charge in [-0.25, -0.2) is 0 Å². The van der Waals surface area contributed by atoms with Crippen molar-refractivity contribution in [3.05, 3.63) is 34.9 Å². The first kappa shape index (κ1) is 16.8. The molecule has 24 heavy (non-hydrogen) atoms. The molecule has 3 aliphatic heterocycles. The van der Waals surface area contributed by atoms with Gasteiger partial charge in [0, 0.05) is 30.0 Å². The van der Waals surface area contributed by atoms with Gasteiger partial charge in [-0.1, -0.05) is 36.7 Å². The second-order valence-electron chi connectivity index (χ2n) is 7.54. The summed E-state index contributed by atoms with van der Waals surface area (Å²) in [5.41, 5.74) is 0.966. The molecule has 5 rings (SSSR count). The van der Waals surface area contributed by atoms with Gasteiger partial charge in [0.2, 0.25) is 0 Å². The van der Waals surface area contributed by atoms with Gasteiger partial charge in [-0.2, -0.15) is 0 Å². The van der Waals surface area contributed by atoms with Gasteiger partial charge in [0.1, 0.15) is 0 Å². The fraction of sp³-hybridized carbons (Fsp3) is 0.684. The molecule has 4 aliphatic rings. The van der Waals surface area contributed by atoms with E-state index in [2.05, 4.69) is 25.2 Å². The van der Waals surface area contributed by atoms with Crippen LogP contribution in [0.25, 0.3) is 0 Å². The van der Waals surface area contributed by atoms with Gasteiger partial charge in [0.15, 0.2) is 12.6 Å². The normalized spacial score (nSPS) is 43.3. The van der Waals surface area contributed by atoms with Crippen molar-refractivity contribution in [3.8, 4) is 0 Å². The largest absolute Gasteiger partial charge is 0.355 e. The quantitative estimate of drug-likeness (QED) is 0.884. The van der Waals surface area contributed by atoms with Crippen molar-refractivity contribution in [1.82, 2.24) is 5.32 Å². The number of hydrogen-bond acceptors (Lipinski definition) is 4. The van der Waals surface area contributed by atoms with Crippen molar-refractivity contribution in [1.29, 1.82) is 0 Å². The van der Waals surface area contributed by atoms with E-state index in [-0.39, 0.29) is 18.2 Å². The fourth-order valence-corrected chi connectivity index (χ4v) is 5.21. The maximum atomic E-state index is 6.36. The number of rotatable bonds is 5. The smallest absolute Gasteiger partial charge is 0.166 e. The van der Waals surface area contributed by atoms with Gasteiger partial charge >= 0.3 is 0 Å². The minimum absolute atomic E-state index is 0.148. The molecule has 3 saturated heterocycles. The Kier molecular flexibility index (Phi) is 4.38. The lowest BCUT2D eigenvalue weighted by Gasteiger charge is -2.55. The molecule has 0 amide bonds. The number of ether oxygens (including phenoxy) is 3. The van der Waals surface area contributed by atoms with Gasteiger partial charge in [-0.05, 0) is 43.9 Å². The van der Waals surface area contributed by atoms with Crippen LogP contribution in [0.1, 0.15) is 25.8 Å². The zero-order valence-electron chi connectivity index (χ0n) is 14.5. The summed E-state index contributed by atoms with van der Waals surface area (Å²) in [6, 6.07) is 8.37. The van der Waals surface area contributed by atoms with E-state index in [1.54, 1.807) is 7.11 Å². The Balaban J connectivity index is 1.45. The molecule has 4 nitrogen and oxygen atoms in total. The molecule has 0 spiro atoms. The van der Waals surface area contributed by atoms with Crippen LogP contribution in [0, 0.1) is 17.8 Å². The first-order valence-corrected chi connectivity index (χ1v) is 9.25. The first-order valence-electron chi connectivity index (χ1n) is 8.87. The lowest BCUT2D eigenvalue weighted by atomic mass is 9.74. The van der Waals surface area contributed by atoms with Crippen molar-refractivity contribution in [2.45, 2.75) is 50.9 Å². The van der Waals surface area contributed by atoms with Crippen molar-refractivity contribution < 1.29 is 14.2 Å². The summed E-state index contributed by atoms with van der Waals surface area (Å²) in [6.45, 7) is 5.35. The molecule has 1 aliphatic carbocycles. The Labute approximate surface area is 148 Å². The number of fused-ring (bicyclic) bond motifs is 1. The summed E-state index contributed by atoms with van der Waals surface area (Å²) in [7, 11) is 1.73. The Hall–Kier alpha value is -0.650. The molecule has 3 heterocycles. The summed E-state index contributed by atoms with van der Waals surface area (Å²) in [5, 5.41) is 4.56. The van der Waals surface area contributed by atoms with Crippen molar-refractivity contribution in [2.24, 2.45) is 17.8 Å².